The smallest absolute Gasteiger partial charge is 0.0640 e. The SMILES string of the molecule is C/C=C\C(=C/CC1=CC2Cc3cc(C/N=C\c4ccc5c(c4)sc4ccccc45)ccc3C2C=C1)C1=CC2C(C=C1)c1ccccc1C1C=CC=CC12. The molecule has 0 saturated heterocycles. The Morgan fingerprint density at radius 1 is 0.736 bits per heavy atom. The quantitative estimate of drug-likeness (QED) is 0.118. The maximum atomic E-state index is 4.87. The van der Waals surface area contributed by atoms with Gasteiger partial charge in [-0.3, -0.25) is 4.99 Å². The van der Waals surface area contributed by atoms with Gasteiger partial charge in [-0.05, 0) is 99.8 Å². The minimum Gasteiger partial charge on any atom is -0.288 e. The van der Waals surface area contributed by atoms with Crippen molar-refractivity contribution in [2.24, 2.45) is 22.7 Å². The van der Waals surface area contributed by atoms with Crippen molar-refractivity contribution in [1.82, 2.24) is 0 Å². The predicted octanol–water partition coefficient (Wildman–Crippen LogP) is 13.1. The summed E-state index contributed by atoms with van der Waals surface area (Å²) in [6.45, 7) is 2.84. The minimum atomic E-state index is 0.430. The van der Waals surface area contributed by atoms with E-state index in [2.05, 4.69) is 171 Å². The molecule has 0 aliphatic heterocycles. The largest absolute Gasteiger partial charge is 0.288 e. The molecular formula is C51H43NS. The van der Waals surface area contributed by atoms with E-state index in [1.807, 2.05) is 17.6 Å². The van der Waals surface area contributed by atoms with Crippen LogP contribution in [-0.4, -0.2) is 6.21 Å². The number of fused-ring (bicyclic) bond motifs is 12. The highest BCUT2D eigenvalue weighted by Gasteiger charge is 2.40. The van der Waals surface area contributed by atoms with Gasteiger partial charge in [0.25, 0.3) is 0 Å². The van der Waals surface area contributed by atoms with Crippen LogP contribution in [0.5, 0.6) is 0 Å². The molecule has 5 aliphatic rings. The molecule has 0 N–H and O–H groups in total. The molecule has 10 rings (SSSR count). The number of allylic oxidation sites excluding steroid dienone is 16. The van der Waals surface area contributed by atoms with Crippen LogP contribution in [0.4, 0.5) is 0 Å². The van der Waals surface area contributed by atoms with Crippen LogP contribution >= 0.6 is 11.3 Å². The van der Waals surface area contributed by atoms with Crippen LogP contribution in [0, 0.1) is 17.8 Å². The zero-order chi connectivity index (χ0) is 35.3. The van der Waals surface area contributed by atoms with Gasteiger partial charge >= 0.3 is 0 Å². The highest BCUT2D eigenvalue weighted by atomic mass is 32.1. The zero-order valence-corrected chi connectivity index (χ0v) is 30.9. The van der Waals surface area contributed by atoms with Crippen molar-refractivity contribution in [2.45, 2.75) is 44.1 Å². The summed E-state index contributed by atoms with van der Waals surface area (Å²) in [4.78, 5) is 4.87. The zero-order valence-electron chi connectivity index (χ0n) is 30.1. The van der Waals surface area contributed by atoms with Gasteiger partial charge in [0.15, 0.2) is 0 Å². The average molecular weight is 702 g/mol. The van der Waals surface area contributed by atoms with E-state index in [9.17, 15) is 0 Å². The molecular weight excluding hydrogens is 659 g/mol. The Morgan fingerprint density at radius 2 is 1.55 bits per heavy atom. The summed E-state index contributed by atoms with van der Waals surface area (Å²) in [6, 6.07) is 31.5. The van der Waals surface area contributed by atoms with Gasteiger partial charge in [0, 0.05) is 44.1 Å². The fourth-order valence-electron chi connectivity index (χ4n) is 9.72. The number of hydrogen-bond acceptors (Lipinski definition) is 2. The van der Waals surface area contributed by atoms with E-state index in [1.165, 1.54) is 64.7 Å². The van der Waals surface area contributed by atoms with Gasteiger partial charge in [-0.25, -0.2) is 0 Å². The molecule has 5 aromatic rings. The van der Waals surface area contributed by atoms with Crippen molar-refractivity contribution in [2.75, 3.05) is 0 Å². The van der Waals surface area contributed by atoms with Crippen LogP contribution in [0.1, 0.15) is 64.5 Å². The van der Waals surface area contributed by atoms with Crippen molar-refractivity contribution in [3.05, 3.63) is 214 Å². The molecule has 0 amide bonds. The van der Waals surface area contributed by atoms with E-state index in [0.29, 0.717) is 42.1 Å². The Labute approximate surface area is 317 Å². The summed E-state index contributed by atoms with van der Waals surface area (Å²) in [5, 5.41) is 2.67. The Bertz CT molecular complexity index is 2540. The number of aliphatic imine (C=N–C) groups is 1. The van der Waals surface area contributed by atoms with Crippen molar-refractivity contribution in [3.63, 3.8) is 0 Å². The number of hydrogen-bond donors (Lipinski definition) is 0. The number of benzene rings is 4. The molecule has 0 bridgehead atoms. The molecule has 6 unspecified atom stereocenters. The Kier molecular flexibility index (Phi) is 8.29. The molecule has 2 heteroatoms. The molecule has 1 aromatic heterocycles. The second-order valence-electron chi connectivity index (χ2n) is 15.3. The Morgan fingerprint density at radius 3 is 2.45 bits per heavy atom. The number of rotatable bonds is 7. The van der Waals surface area contributed by atoms with Gasteiger partial charge in [-0.15, -0.1) is 11.3 Å². The molecule has 1 heterocycles. The second kappa shape index (κ2) is 13.6. The first kappa shape index (κ1) is 32.3. The van der Waals surface area contributed by atoms with Gasteiger partial charge in [-0.2, -0.15) is 0 Å². The topological polar surface area (TPSA) is 12.4 Å². The fraction of sp³-hybridized carbons (Fsp3) is 0.196. The molecule has 1 nitrogen and oxygen atoms in total. The molecule has 0 saturated carbocycles. The lowest BCUT2D eigenvalue weighted by atomic mass is 9.61. The molecule has 258 valence electrons. The maximum absolute atomic E-state index is 4.87. The first-order valence-corrected chi connectivity index (χ1v) is 20.1. The molecule has 4 aromatic carbocycles. The summed E-state index contributed by atoms with van der Waals surface area (Å²) in [5.74, 6) is 2.83. The first-order valence-electron chi connectivity index (χ1n) is 19.3. The number of nitrogens with zero attached hydrogens (tertiary/aromatic N) is 1. The van der Waals surface area contributed by atoms with E-state index in [1.54, 1.807) is 0 Å². The van der Waals surface area contributed by atoms with E-state index < -0.39 is 0 Å². The van der Waals surface area contributed by atoms with Crippen LogP contribution in [0.25, 0.3) is 20.2 Å². The summed E-state index contributed by atoms with van der Waals surface area (Å²) < 4.78 is 2.66. The normalized spacial score (nSPS) is 25.4. The van der Waals surface area contributed by atoms with Crippen molar-refractivity contribution < 1.29 is 0 Å². The summed E-state index contributed by atoms with van der Waals surface area (Å²) in [7, 11) is 0. The molecule has 0 spiro atoms. The van der Waals surface area contributed by atoms with Gasteiger partial charge in [0.05, 0.1) is 6.54 Å². The van der Waals surface area contributed by atoms with Crippen LogP contribution in [0.3, 0.4) is 0 Å². The van der Waals surface area contributed by atoms with Gasteiger partial charge in [-0.1, -0.05) is 152 Å². The first-order chi connectivity index (χ1) is 26.2. The van der Waals surface area contributed by atoms with Crippen LogP contribution in [0.15, 0.2) is 186 Å². The third-order valence-corrected chi connectivity index (χ3v) is 13.3. The van der Waals surface area contributed by atoms with Crippen LogP contribution < -0.4 is 0 Å². The maximum Gasteiger partial charge on any atom is 0.0640 e. The van der Waals surface area contributed by atoms with Gasteiger partial charge < -0.3 is 0 Å². The molecule has 0 radical (unpaired) electrons. The van der Waals surface area contributed by atoms with E-state index in [-0.39, 0.29) is 0 Å². The minimum absolute atomic E-state index is 0.430. The monoisotopic (exact) mass is 701 g/mol. The van der Waals surface area contributed by atoms with Gasteiger partial charge in [0.2, 0.25) is 0 Å². The Hall–Kier alpha value is -5.31. The van der Waals surface area contributed by atoms with Crippen molar-refractivity contribution >= 4 is 37.7 Å². The van der Waals surface area contributed by atoms with E-state index >= 15 is 0 Å². The molecule has 53 heavy (non-hydrogen) atoms. The molecule has 5 aliphatic carbocycles. The third-order valence-electron chi connectivity index (χ3n) is 12.2. The summed E-state index contributed by atoms with van der Waals surface area (Å²) >= 11 is 1.86. The Balaban J connectivity index is 0.828. The third kappa shape index (κ3) is 5.90. The molecule has 6 atom stereocenters. The van der Waals surface area contributed by atoms with Crippen LogP contribution in [-0.2, 0) is 13.0 Å². The van der Waals surface area contributed by atoms with Crippen molar-refractivity contribution in [1.29, 1.82) is 0 Å². The summed E-state index contributed by atoms with van der Waals surface area (Å²) in [6.07, 6.45) is 35.2. The van der Waals surface area contributed by atoms with E-state index in [0.717, 1.165) is 18.4 Å². The van der Waals surface area contributed by atoms with Crippen molar-refractivity contribution in [3.8, 4) is 0 Å². The fourth-order valence-corrected chi connectivity index (χ4v) is 10.9. The second-order valence-corrected chi connectivity index (χ2v) is 16.4. The number of thiophene rings is 1. The lowest BCUT2D eigenvalue weighted by Crippen LogP contribution is -2.32. The van der Waals surface area contributed by atoms with Gasteiger partial charge in [0.1, 0.15) is 0 Å². The molecule has 0 fully saturated rings. The lowest BCUT2D eigenvalue weighted by molar-refractivity contribution is 0.369. The predicted molar refractivity (Wildman–Crippen MR) is 226 cm³/mol. The van der Waals surface area contributed by atoms with Crippen LogP contribution in [0.2, 0.25) is 0 Å². The van der Waals surface area contributed by atoms with E-state index in [4.69, 9.17) is 4.99 Å². The summed E-state index contributed by atoms with van der Waals surface area (Å²) in [5.41, 5.74) is 12.5. The standard InChI is InChI=1S/C51H43NS/c1-2-9-36(37-21-25-46-44-12-4-3-10-42(44)43-11-5-6-13-45(43)49(46)30-37)20-16-33-17-22-40-38(26-33)29-39-27-34(18-23-41(39)40)31-52-32-35-19-24-48-47-14-7-8-15-50(47)53-51(48)28-35/h2-15,17-28,30,32,38,40,43,45-46,49H,16,29,31H2,1H3/b9-2-,36-20+,52-32-. The average Bonchev–Trinajstić information content (AvgIpc) is 3.76. The highest BCUT2D eigenvalue weighted by molar-refractivity contribution is 7.25. The lowest BCUT2D eigenvalue weighted by Gasteiger charge is -2.43. The highest BCUT2D eigenvalue weighted by Crippen LogP contribution is 2.52.